The van der Waals surface area contributed by atoms with Crippen molar-refractivity contribution in [3.63, 3.8) is 0 Å². The summed E-state index contributed by atoms with van der Waals surface area (Å²) in [6, 6.07) is 0. The van der Waals surface area contributed by atoms with E-state index in [1.807, 2.05) is 0 Å². The minimum absolute atomic E-state index is 0.0503. The van der Waals surface area contributed by atoms with Gasteiger partial charge in [-0.1, -0.05) is 0 Å². The van der Waals surface area contributed by atoms with Gasteiger partial charge < -0.3 is 29.0 Å². The summed E-state index contributed by atoms with van der Waals surface area (Å²) in [7, 11) is 1.60. The summed E-state index contributed by atoms with van der Waals surface area (Å²) in [5, 5.41) is 2.91. The maximum absolute atomic E-state index is 11.7. The van der Waals surface area contributed by atoms with E-state index in [9.17, 15) is 9.59 Å². The molecule has 22 heavy (non-hydrogen) atoms. The predicted molar refractivity (Wildman–Crippen MR) is 75.9 cm³/mol. The Labute approximate surface area is 129 Å². The second-order valence-electron chi connectivity index (χ2n) is 4.34. The van der Waals surface area contributed by atoms with Crippen LogP contribution in [-0.4, -0.2) is 65.2 Å². The van der Waals surface area contributed by atoms with Gasteiger partial charge in [0.05, 0.1) is 26.4 Å². The fourth-order valence-corrected chi connectivity index (χ4v) is 1.65. The van der Waals surface area contributed by atoms with E-state index < -0.39 is 5.97 Å². The molecule has 0 atom stereocenters. The minimum Gasteiger partial charge on any atom is -0.470 e. The van der Waals surface area contributed by atoms with Gasteiger partial charge in [0.15, 0.2) is 12.2 Å². The fourth-order valence-electron chi connectivity index (χ4n) is 1.65. The van der Waals surface area contributed by atoms with Crippen LogP contribution in [0.4, 0.5) is 0 Å². The van der Waals surface area contributed by atoms with Crippen LogP contribution in [-0.2, 0) is 33.3 Å². The van der Waals surface area contributed by atoms with Crippen molar-refractivity contribution in [2.45, 2.75) is 13.3 Å². The molecular weight excluding hydrogens is 294 g/mol. The lowest BCUT2D eigenvalue weighted by Gasteiger charge is -2.09. The van der Waals surface area contributed by atoms with E-state index in [4.69, 9.17) is 23.7 Å². The zero-order valence-corrected chi connectivity index (χ0v) is 13.0. The SMILES string of the molecule is CCOC(=O)C1=C(NCCCOCOCCOC)OCC1=O. The highest BCUT2D eigenvalue weighted by Crippen LogP contribution is 2.15. The third-order valence-corrected chi connectivity index (χ3v) is 2.68. The van der Waals surface area contributed by atoms with E-state index in [-0.39, 0.29) is 37.2 Å². The molecule has 0 fully saturated rings. The molecule has 0 aliphatic carbocycles. The van der Waals surface area contributed by atoms with Gasteiger partial charge in [-0.05, 0) is 13.3 Å². The van der Waals surface area contributed by atoms with Crippen molar-refractivity contribution in [3.8, 4) is 0 Å². The molecular formula is C14H23NO7. The van der Waals surface area contributed by atoms with E-state index in [2.05, 4.69) is 5.32 Å². The van der Waals surface area contributed by atoms with Crippen LogP contribution in [0.25, 0.3) is 0 Å². The number of carbonyl (C=O) groups is 2. The lowest BCUT2D eigenvalue weighted by Crippen LogP contribution is -2.21. The average molecular weight is 317 g/mol. The summed E-state index contributed by atoms with van der Waals surface area (Å²) in [6.45, 7) is 3.95. The van der Waals surface area contributed by atoms with E-state index in [0.29, 0.717) is 32.8 Å². The summed E-state index contributed by atoms with van der Waals surface area (Å²) in [6.07, 6.45) is 0.671. The van der Waals surface area contributed by atoms with Gasteiger partial charge in [0.1, 0.15) is 6.79 Å². The summed E-state index contributed by atoms with van der Waals surface area (Å²) in [5.74, 6) is -0.848. The first-order valence-corrected chi connectivity index (χ1v) is 7.16. The van der Waals surface area contributed by atoms with Crippen LogP contribution >= 0.6 is 0 Å². The first-order valence-electron chi connectivity index (χ1n) is 7.16. The molecule has 1 aliphatic rings. The monoisotopic (exact) mass is 317 g/mol. The smallest absolute Gasteiger partial charge is 0.347 e. The highest BCUT2D eigenvalue weighted by atomic mass is 16.7. The fraction of sp³-hybridized carbons (Fsp3) is 0.714. The second kappa shape index (κ2) is 11.0. The molecule has 0 amide bonds. The molecule has 1 N–H and O–H groups in total. The Morgan fingerprint density at radius 1 is 1.27 bits per heavy atom. The topological polar surface area (TPSA) is 92.3 Å². The van der Waals surface area contributed by atoms with Gasteiger partial charge in [-0.3, -0.25) is 4.79 Å². The van der Waals surface area contributed by atoms with Crippen molar-refractivity contribution < 1.29 is 33.3 Å². The van der Waals surface area contributed by atoms with Crippen molar-refractivity contribution in [2.24, 2.45) is 0 Å². The van der Waals surface area contributed by atoms with E-state index >= 15 is 0 Å². The minimum atomic E-state index is -0.657. The van der Waals surface area contributed by atoms with Crippen molar-refractivity contribution in [1.29, 1.82) is 0 Å². The number of hydrogen-bond donors (Lipinski definition) is 1. The van der Waals surface area contributed by atoms with Crippen molar-refractivity contribution in [1.82, 2.24) is 5.32 Å². The standard InChI is InChI=1S/C14H23NO7/c1-3-21-14(17)12-11(16)9-22-13(12)15-5-4-6-19-10-20-8-7-18-2/h15H,3-10H2,1-2H3. The number of methoxy groups -OCH3 is 1. The number of ketones is 1. The van der Waals surface area contributed by atoms with Crippen LogP contribution in [0.3, 0.4) is 0 Å². The molecule has 1 aliphatic heterocycles. The third-order valence-electron chi connectivity index (χ3n) is 2.68. The third kappa shape index (κ3) is 6.42. The van der Waals surface area contributed by atoms with Gasteiger partial charge in [-0.25, -0.2) is 4.79 Å². The van der Waals surface area contributed by atoms with E-state index in [0.717, 1.165) is 0 Å². The Hall–Kier alpha value is -1.64. The Kier molecular flexibility index (Phi) is 9.20. The molecule has 1 rings (SSSR count). The molecule has 0 spiro atoms. The molecule has 0 aromatic carbocycles. The molecule has 0 bridgehead atoms. The molecule has 0 saturated carbocycles. The van der Waals surface area contributed by atoms with Gasteiger partial charge >= 0.3 is 5.97 Å². The molecule has 8 nitrogen and oxygen atoms in total. The first kappa shape index (κ1) is 18.4. The normalized spacial score (nSPS) is 14.2. The number of hydrogen-bond acceptors (Lipinski definition) is 8. The number of rotatable bonds is 12. The first-order chi connectivity index (χ1) is 10.7. The zero-order chi connectivity index (χ0) is 16.2. The summed E-state index contributed by atoms with van der Waals surface area (Å²) < 4.78 is 25.2. The average Bonchev–Trinajstić information content (AvgIpc) is 2.87. The molecule has 0 radical (unpaired) electrons. The number of ether oxygens (including phenoxy) is 5. The highest BCUT2D eigenvalue weighted by Gasteiger charge is 2.31. The number of nitrogens with one attached hydrogen (secondary N) is 1. The van der Waals surface area contributed by atoms with Gasteiger partial charge in [0.2, 0.25) is 11.7 Å². The Morgan fingerprint density at radius 3 is 2.77 bits per heavy atom. The zero-order valence-electron chi connectivity index (χ0n) is 13.0. The molecule has 1 heterocycles. The Bertz CT molecular complexity index is 395. The molecule has 0 aromatic heterocycles. The summed E-state index contributed by atoms with van der Waals surface area (Å²) in [4.78, 5) is 23.2. The van der Waals surface area contributed by atoms with Crippen LogP contribution in [0.1, 0.15) is 13.3 Å². The quantitative estimate of drug-likeness (QED) is 0.232. The predicted octanol–water partition coefficient (Wildman–Crippen LogP) is -0.0228. The maximum Gasteiger partial charge on any atom is 0.347 e. The molecule has 8 heteroatoms. The number of Topliss-reactive ketones (excluding diaryl/α,β-unsaturated/α-hetero) is 1. The second-order valence-corrected chi connectivity index (χ2v) is 4.34. The summed E-state index contributed by atoms with van der Waals surface area (Å²) >= 11 is 0. The van der Waals surface area contributed by atoms with Crippen LogP contribution in [0, 0.1) is 0 Å². The molecule has 0 aromatic rings. The van der Waals surface area contributed by atoms with Crippen LogP contribution in [0.15, 0.2) is 11.5 Å². The lowest BCUT2D eigenvalue weighted by atomic mass is 10.2. The number of carbonyl (C=O) groups excluding carboxylic acids is 2. The van der Waals surface area contributed by atoms with Crippen LogP contribution in [0.2, 0.25) is 0 Å². The van der Waals surface area contributed by atoms with Crippen molar-refractivity contribution >= 4 is 11.8 Å². The largest absolute Gasteiger partial charge is 0.470 e. The molecule has 126 valence electrons. The lowest BCUT2D eigenvalue weighted by molar-refractivity contribution is -0.139. The van der Waals surface area contributed by atoms with Crippen molar-refractivity contribution in [2.75, 3.05) is 53.5 Å². The van der Waals surface area contributed by atoms with Crippen LogP contribution in [0.5, 0.6) is 0 Å². The van der Waals surface area contributed by atoms with Crippen LogP contribution < -0.4 is 5.32 Å². The number of esters is 1. The summed E-state index contributed by atoms with van der Waals surface area (Å²) in [5.41, 5.74) is -0.0503. The van der Waals surface area contributed by atoms with Crippen molar-refractivity contribution in [3.05, 3.63) is 11.5 Å². The van der Waals surface area contributed by atoms with Gasteiger partial charge in [0.25, 0.3) is 0 Å². The van der Waals surface area contributed by atoms with Gasteiger partial charge in [-0.15, -0.1) is 0 Å². The Balaban J connectivity index is 2.20. The maximum atomic E-state index is 11.7. The van der Waals surface area contributed by atoms with Gasteiger partial charge in [0, 0.05) is 13.7 Å². The van der Waals surface area contributed by atoms with E-state index in [1.54, 1.807) is 14.0 Å². The molecule has 0 unspecified atom stereocenters. The molecule has 0 saturated heterocycles. The Morgan fingerprint density at radius 2 is 2.05 bits per heavy atom. The highest BCUT2D eigenvalue weighted by molar-refractivity contribution is 6.19. The van der Waals surface area contributed by atoms with Gasteiger partial charge in [-0.2, -0.15) is 0 Å². The van der Waals surface area contributed by atoms with E-state index in [1.165, 1.54) is 0 Å².